The second-order valence-corrected chi connectivity index (χ2v) is 10.4. The predicted octanol–water partition coefficient (Wildman–Crippen LogP) is 6.17. The molecule has 37 heavy (non-hydrogen) atoms. The summed E-state index contributed by atoms with van der Waals surface area (Å²) < 4.78 is 10.9. The van der Waals surface area contributed by atoms with Gasteiger partial charge in [0, 0.05) is 31.9 Å². The summed E-state index contributed by atoms with van der Waals surface area (Å²) in [5, 5.41) is 0. The molecule has 0 aromatic heterocycles. The summed E-state index contributed by atoms with van der Waals surface area (Å²) in [5.74, 6) is 0.745. The average molecular weight is 501 g/mol. The van der Waals surface area contributed by atoms with Crippen LogP contribution in [-0.4, -0.2) is 56.8 Å². The molecule has 0 N–H and O–H groups in total. The second-order valence-electron chi connectivity index (χ2n) is 10.4. The number of carbonyl (C=O) groups excluding carboxylic acids is 1. The lowest BCUT2D eigenvalue weighted by Crippen LogP contribution is -2.47. The minimum atomic E-state index is -0.626. The van der Waals surface area contributed by atoms with Crippen molar-refractivity contribution in [3.8, 4) is 16.9 Å². The maximum Gasteiger partial charge on any atom is 0.316 e. The third-order valence-electron chi connectivity index (χ3n) is 7.38. The molecule has 3 aromatic carbocycles. The standard InChI is InChI=1S/C32H40N2O3/c1-25(2)37-31(35)32(3,28-9-6-5-7-10-28)19-8-20-33-21-23-34(24-22-33)29-15-11-26(12-16-29)27-13-17-30(36-4)18-14-27/h5-7,9-18,25H,8,19-24H2,1-4H3. The second kappa shape index (κ2) is 12.3. The molecule has 0 spiro atoms. The van der Waals surface area contributed by atoms with E-state index in [9.17, 15) is 4.79 Å². The van der Waals surface area contributed by atoms with Gasteiger partial charge in [-0.15, -0.1) is 0 Å². The lowest BCUT2D eigenvalue weighted by atomic mass is 9.78. The van der Waals surface area contributed by atoms with Crippen molar-refractivity contribution < 1.29 is 14.3 Å². The van der Waals surface area contributed by atoms with E-state index in [1.165, 1.54) is 16.8 Å². The highest BCUT2D eigenvalue weighted by molar-refractivity contribution is 5.82. The molecule has 1 aliphatic heterocycles. The van der Waals surface area contributed by atoms with Crippen LogP contribution in [0.5, 0.6) is 5.75 Å². The van der Waals surface area contributed by atoms with Gasteiger partial charge in [-0.25, -0.2) is 0 Å². The molecule has 1 atom stereocenters. The zero-order valence-corrected chi connectivity index (χ0v) is 22.7. The number of nitrogens with zero attached hydrogens (tertiary/aromatic N) is 2. The Morgan fingerprint density at radius 1 is 0.865 bits per heavy atom. The molecule has 0 bridgehead atoms. The first-order valence-corrected chi connectivity index (χ1v) is 13.4. The van der Waals surface area contributed by atoms with Crippen LogP contribution in [0.3, 0.4) is 0 Å². The summed E-state index contributed by atoms with van der Waals surface area (Å²) in [7, 11) is 1.69. The molecule has 0 aliphatic carbocycles. The Morgan fingerprint density at radius 2 is 1.46 bits per heavy atom. The number of carbonyl (C=O) groups is 1. The minimum absolute atomic E-state index is 0.117. The summed E-state index contributed by atoms with van der Waals surface area (Å²) >= 11 is 0. The van der Waals surface area contributed by atoms with Gasteiger partial charge in [-0.2, -0.15) is 0 Å². The smallest absolute Gasteiger partial charge is 0.316 e. The summed E-state index contributed by atoms with van der Waals surface area (Å²) in [5.41, 5.74) is 4.08. The van der Waals surface area contributed by atoms with E-state index in [1.54, 1.807) is 7.11 Å². The fraction of sp³-hybridized carbons (Fsp3) is 0.406. The maximum absolute atomic E-state index is 13.1. The zero-order valence-electron chi connectivity index (χ0n) is 22.7. The van der Waals surface area contributed by atoms with Crippen LogP contribution >= 0.6 is 0 Å². The molecular weight excluding hydrogens is 460 g/mol. The average Bonchev–Trinajstić information content (AvgIpc) is 2.93. The van der Waals surface area contributed by atoms with Gasteiger partial charge < -0.3 is 14.4 Å². The Kier molecular flexibility index (Phi) is 8.88. The van der Waals surface area contributed by atoms with Crippen LogP contribution in [0.15, 0.2) is 78.9 Å². The van der Waals surface area contributed by atoms with Crippen LogP contribution in [0, 0.1) is 0 Å². The van der Waals surface area contributed by atoms with Gasteiger partial charge in [-0.3, -0.25) is 9.69 Å². The number of benzene rings is 3. The third-order valence-corrected chi connectivity index (χ3v) is 7.38. The molecule has 1 aliphatic rings. The van der Waals surface area contributed by atoms with E-state index in [-0.39, 0.29) is 12.1 Å². The molecule has 4 rings (SSSR count). The quantitative estimate of drug-likeness (QED) is 0.311. The first-order chi connectivity index (χ1) is 17.9. The van der Waals surface area contributed by atoms with Crippen molar-refractivity contribution >= 4 is 11.7 Å². The largest absolute Gasteiger partial charge is 0.497 e. The highest BCUT2D eigenvalue weighted by Crippen LogP contribution is 2.32. The molecule has 196 valence electrons. The number of ether oxygens (including phenoxy) is 2. The third kappa shape index (κ3) is 6.72. The van der Waals surface area contributed by atoms with Gasteiger partial charge in [-0.1, -0.05) is 54.6 Å². The fourth-order valence-electron chi connectivity index (χ4n) is 5.05. The molecule has 0 saturated carbocycles. The normalized spacial score (nSPS) is 15.9. The van der Waals surface area contributed by atoms with E-state index in [4.69, 9.17) is 9.47 Å². The summed E-state index contributed by atoms with van der Waals surface area (Å²) in [4.78, 5) is 18.0. The summed E-state index contributed by atoms with van der Waals surface area (Å²) in [6.45, 7) is 10.9. The molecule has 0 radical (unpaired) electrons. The van der Waals surface area contributed by atoms with Gasteiger partial charge in [0.05, 0.1) is 18.6 Å². The maximum atomic E-state index is 13.1. The molecule has 5 nitrogen and oxygen atoms in total. The Labute approximate surface area is 222 Å². The monoisotopic (exact) mass is 500 g/mol. The number of anilines is 1. The molecular formula is C32H40N2O3. The van der Waals surface area contributed by atoms with E-state index < -0.39 is 5.41 Å². The van der Waals surface area contributed by atoms with Gasteiger partial charge in [0.25, 0.3) is 0 Å². The zero-order chi connectivity index (χ0) is 26.3. The molecule has 1 fully saturated rings. The molecule has 1 saturated heterocycles. The van der Waals surface area contributed by atoms with Crippen molar-refractivity contribution in [1.29, 1.82) is 0 Å². The first kappa shape index (κ1) is 26.7. The van der Waals surface area contributed by atoms with Gasteiger partial charge in [0.1, 0.15) is 5.75 Å². The van der Waals surface area contributed by atoms with E-state index in [0.29, 0.717) is 0 Å². The number of hydrogen-bond acceptors (Lipinski definition) is 5. The van der Waals surface area contributed by atoms with Crippen LogP contribution in [-0.2, 0) is 14.9 Å². The van der Waals surface area contributed by atoms with Crippen LogP contribution in [0.4, 0.5) is 5.69 Å². The highest BCUT2D eigenvalue weighted by atomic mass is 16.5. The Morgan fingerprint density at radius 3 is 2.03 bits per heavy atom. The van der Waals surface area contributed by atoms with E-state index >= 15 is 0 Å². The molecule has 3 aromatic rings. The van der Waals surface area contributed by atoms with Crippen molar-refractivity contribution in [2.45, 2.75) is 45.1 Å². The van der Waals surface area contributed by atoms with Crippen molar-refractivity contribution in [3.63, 3.8) is 0 Å². The van der Waals surface area contributed by atoms with E-state index in [0.717, 1.165) is 56.9 Å². The summed E-state index contributed by atoms with van der Waals surface area (Å²) in [6.07, 6.45) is 1.61. The number of hydrogen-bond donors (Lipinski definition) is 0. The fourth-order valence-corrected chi connectivity index (χ4v) is 5.05. The van der Waals surface area contributed by atoms with Crippen LogP contribution in [0.25, 0.3) is 11.1 Å². The molecule has 1 unspecified atom stereocenters. The minimum Gasteiger partial charge on any atom is -0.497 e. The number of methoxy groups -OCH3 is 1. The van der Waals surface area contributed by atoms with Crippen molar-refractivity contribution in [1.82, 2.24) is 4.90 Å². The Balaban J connectivity index is 1.29. The van der Waals surface area contributed by atoms with E-state index in [2.05, 4.69) is 46.2 Å². The highest BCUT2D eigenvalue weighted by Gasteiger charge is 2.37. The predicted molar refractivity (Wildman–Crippen MR) is 151 cm³/mol. The summed E-state index contributed by atoms with van der Waals surface area (Å²) in [6, 6.07) is 27.1. The lowest BCUT2D eigenvalue weighted by Gasteiger charge is -2.37. The molecule has 0 amide bonds. The Bertz CT molecular complexity index is 1120. The van der Waals surface area contributed by atoms with Crippen molar-refractivity contribution in [2.75, 3.05) is 44.7 Å². The van der Waals surface area contributed by atoms with Crippen LogP contribution in [0.2, 0.25) is 0 Å². The SMILES string of the molecule is COc1ccc(-c2ccc(N3CCN(CCCC(C)(C(=O)OC(C)C)c4ccccc4)CC3)cc2)cc1. The number of esters is 1. The van der Waals surface area contributed by atoms with Crippen molar-refractivity contribution in [3.05, 3.63) is 84.4 Å². The van der Waals surface area contributed by atoms with Gasteiger partial charge in [0.2, 0.25) is 0 Å². The van der Waals surface area contributed by atoms with Crippen LogP contribution in [0.1, 0.15) is 39.2 Å². The lowest BCUT2D eigenvalue weighted by molar-refractivity contribution is -0.154. The van der Waals surface area contributed by atoms with Gasteiger partial charge >= 0.3 is 5.97 Å². The topological polar surface area (TPSA) is 42.0 Å². The van der Waals surface area contributed by atoms with Gasteiger partial charge in [0.15, 0.2) is 0 Å². The molecule has 1 heterocycles. The van der Waals surface area contributed by atoms with Gasteiger partial charge in [-0.05, 0) is 81.1 Å². The molecule has 5 heteroatoms. The Hall–Kier alpha value is -3.31. The van der Waals surface area contributed by atoms with Crippen molar-refractivity contribution in [2.24, 2.45) is 0 Å². The first-order valence-electron chi connectivity index (χ1n) is 13.4. The van der Waals surface area contributed by atoms with E-state index in [1.807, 2.05) is 63.2 Å². The van der Waals surface area contributed by atoms with Crippen LogP contribution < -0.4 is 9.64 Å². The number of rotatable bonds is 10. The number of piperazine rings is 1.